The average molecular weight is 338 g/mol. The molecule has 0 fully saturated rings. The third-order valence-electron chi connectivity index (χ3n) is 4.21. The summed E-state index contributed by atoms with van der Waals surface area (Å²) >= 11 is 0. The molecule has 1 N–H and O–H groups in total. The van der Waals surface area contributed by atoms with Gasteiger partial charge in [0, 0.05) is 6.42 Å². The molecular formula is C21H22O4. The molecule has 0 saturated carbocycles. The van der Waals surface area contributed by atoms with Crippen molar-refractivity contribution in [2.24, 2.45) is 0 Å². The van der Waals surface area contributed by atoms with Gasteiger partial charge < -0.3 is 14.6 Å². The number of carbonyl (C=O) groups is 1. The maximum Gasteiger partial charge on any atom is 0.335 e. The summed E-state index contributed by atoms with van der Waals surface area (Å²) in [6.07, 6.45) is 2.09. The molecule has 0 aromatic heterocycles. The summed E-state index contributed by atoms with van der Waals surface area (Å²) in [7, 11) is 0. The second kappa shape index (κ2) is 8.60. The first-order valence-electron chi connectivity index (χ1n) is 8.47. The Kier molecular flexibility index (Phi) is 5.99. The van der Waals surface area contributed by atoms with Crippen LogP contribution in [0.5, 0.6) is 0 Å². The zero-order valence-electron chi connectivity index (χ0n) is 14.1. The predicted octanol–water partition coefficient (Wildman–Crippen LogP) is 3.14. The number of aliphatic hydroxyl groups is 1. The van der Waals surface area contributed by atoms with Crippen molar-refractivity contribution < 1.29 is 19.4 Å². The van der Waals surface area contributed by atoms with E-state index in [2.05, 4.69) is 6.08 Å². The van der Waals surface area contributed by atoms with Crippen molar-refractivity contribution in [2.75, 3.05) is 13.2 Å². The Balaban J connectivity index is 1.52. The molecule has 4 nitrogen and oxygen atoms in total. The second-order valence-corrected chi connectivity index (χ2v) is 6.06. The highest BCUT2D eigenvalue weighted by Crippen LogP contribution is 2.21. The predicted molar refractivity (Wildman–Crippen MR) is 95.8 cm³/mol. The number of hydrogen-bond donors (Lipinski definition) is 1. The van der Waals surface area contributed by atoms with Crippen molar-refractivity contribution in [1.82, 2.24) is 0 Å². The molecule has 0 radical (unpaired) electrons. The smallest absolute Gasteiger partial charge is 0.335 e. The van der Waals surface area contributed by atoms with Gasteiger partial charge in [0.25, 0.3) is 0 Å². The lowest BCUT2D eigenvalue weighted by Crippen LogP contribution is -2.25. The van der Waals surface area contributed by atoms with Gasteiger partial charge in [0.15, 0.2) is 6.10 Å². The zero-order valence-corrected chi connectivity index (χ0v) is 14.1. The molecule has 0 bridgehead atoms. The van der Waals surface area contributed by atoms with Gasteiger partial charge in [-0.15, -0.1) is 0 Å². The number of aliphatic hydroxyl groups excluding tert-OH is 1. The van der Waals surface area contributed by atoms with Gasteiger partial charge in [-0.1, -0.05) is 60.7 Å². The minimum atomic E-state index is -1.16. The number of carbonyl (C=O) groups excluding carboxylic acids is 1. The summed E-state index contributed by atoms with van der Waals surface area (Å²) in [5, 5.41) is 10.1. The van der Waals surface area contributed by atoms with Crippen LogP contribution in [0.2, 0.25) is 0 Å². The third-order valence-corrected chi connectivity index (χ3v) is 4.21. The number of hydrogen-bond acceptors (Lipinski definition) is 4. The van der Waals surface area contributed by atoms with Crippen LogP contribution in [-0.4, -0.2) is 30.4 Å². The van der Waals surface area contributed by atoms with Crippen molar-refractivity contribution in [2.45, 2.75) is 25.6 Å². The van der Waals surface area contributed by atoms with Gasteiger partial charge in [0.1, 0.15) is 6.61 Å². The molecule has 2 aromatic rings. The molecule has 1 aliphatic heterocycles. The van der Waals surface area contributed by atoms with Crippen molar-refractivity contribution in [3.63, 3.8) is 0 Å². The molecule has 0 spiro atoms. The summed E-state index contributed by atoms with van der Waals surface area (Å²) in [5.74, 6) is -0.597. The van der Waals surface area contributed by atoms with E-state index in [1.807, 2.05) is 54.6 Å². The molecule has 25 heavy (non-hydrogen) atoms. The summed E-state index contributed by atoms with van der Waals surface area (Å²) in [4.78, 5) is 11.9. The van der Waals surface area contributed by atoms with Crippen molar-refractivity contribution >= 4 is 11.5 Å². The van der Waals surface area contributed by atoms with Crippen molar-refractivity contribution in [3.05, 3.63) is 77.4 Å². The van der Waals surface area contributed by atoms with Crippen LogP contribution in [-0.2, 0) is 27.3 Å². The summed E-state index contributed by atoms with van der Waals surface area (Å²) in [6, 6.07) is 17.4. The van der Waals surface area contributed by atoms with Gasteiger partial charge in [0.2, 0.25) is 0 Å². The molecule has 0 amide bonds. The van der Waals surface area contributed by atoms with Crippen LogP contribution in [0.15, 0.2) is 60.7 Å². The number of rotatable bonds is 6. The third kappa shape index (κ3) is 5.02. The Morgan fingerprint density at radius 3 is 2.52 bits per heavy atom. The van der Waals surface area contributed by atoms with Crippen molar-refractivity contribution in [1.29, 1.82) is 0 Å². The van der Waals surface area contributed by atoms with Crippen LogP contribution < -0.4 is 0 Å². The Labute approximate surface area is 147 Å². The molecule has 0 aliphatic carbocycles. The summed E-state index contributed by atoms with van der Waals surface area (Å²) in [5.41, 5.74) is 4.24. The lowest BCUT2D eigenvalue weighted by atomic mass is 9.99. The Hall–Kier alpha value is -2.43. The zero-order chi connectivity index (χ0) is 17.5. The molecule has 2 aromatic carbocycles. The topological polar surface area (TPSA) is 55.8 Å². The first-order valence-corrected chi connectivity index (χ1v) is 8.47. The van der Waals surface area contributed by atoms with E-state index in [0.717, 1.165) is 29.7 Å². The fourth-order valence-corrected chi connectivity index (χ4v) is 2.78. The van der Waals surface area contributed by atoms with E-state index < -0.39 is 12.1 Å². The van der Waals surface area contributed by atoms with E-state index >= 15 is 0 Å². The second-order valence-electron chi connectivity index (χ2n) is 6.06. The minimum Gasteiger partial charge on any atom is -0.459 e. The number of esters is 1. The van der Waals surface area contributed by atoms with Crippen molar-refractivity contribution in [3.8, 4) is 0 Å². The maximum atomic E-state index is 11.9. The van der Waals surface area contributed by atoms with Gasteiger partial charge in [-0.05, 0) is 28.7 Å². The van der Waals surface area contributed by atoms with Crippen LogP contribution in [0.4, 0.5) is 0 Å². The quantitative estimate of drug-likeness (QED) is 0.822. The molecule has 1 heterocycles. The molecule has 0 saturated heterocycles. The van der Waals surface area contributed by atoms with Crippen LogP contribution in [0.1, 0.15) is 23.1 Å². The van der Waals surface area contributed by atoms with Gasteiger partial charge in [-0.25, -0.2) is 4.79 Å². The van der Waals surface area contributed by atoms with E-state index in [4.69, 9.17) is 9.47 Å². The minimum absolute atomic E-state index is 0.173. The lowest BCUT2D eigenvalue weighted by molar-refractivity contribution is -0.154. The van der Waals surface area contributed by atoms with E-state index in [9.17, 15) is 9.90 Å². The Bertz CT molecular complexity index is 719. The fraction of sp³-hybridized carbons (Fsp3) is 0.286. The summed E-state index contributed by atoms with van der Waals surface area (Å²) in [6.45, 7) is 1.58. The van der Waals surface area contributed by atoms with Gasteiger partial charge >= 0.3 is 5.97 Å². The normalized spacial score (nSPS) is 15.3. The van der Waals surface area contributed by atoms with E-state index in [1.54, 1.807) is 0 Å². The van der Waals surface area contributed by atoms with E-state index in [1.165, 1.54) is 5.57 Å². The number of ether oxygens (including phenoxy) is 2. The van der Waals surface area contributed by atoms with E-state index in [0.29, 0.717) is 6.61 Å². The van der Waals surface area contributed by atoms with Gasteiger partial charge in [-0.2, -0.15) is 0 Å². The van der Waals surface area contributed by atoms with Crippen LogP contribution in [0.25, 0.3) is 5.57 Å². The lowest BCUT2D eigenvalue weighted by Gasteiger charge is -2.15. The fourth-order valence-electron chi connectivity index (χ4n) is 2.78. The molecular weight excluding hydrogens is 316 g/mol. The molecule has 3 rings (SSSR count). The highest BCUT2D eigenvalue weighted by Gasteiger charge is 2.17. The van der Waals surface area contributed by atoms with Gasteiger partial charge in [0.05, 0.1) is 13.2 Å². The maximum absolute atomic E-state index is 11.9. The van der Waals surface area contributed by atoms with Crippen LogP contribution >= 0.6 is 0 Å². The first kappa shape index (κ1) is 17.4. The molecule has 1 aliphatic rings. The highest BCUT2D eigenvalue weighted by molar-refractivity contribution is 5.75. The first-order chi connectivity index (χ1) is 12.2. The van der Waals surface area contributed by atoms with E-state index in [-0.39, 0.29) is 13.0 Å². The molecule has 4 heteroatoms. The Morgan fingerprint density at radius 1 is 1.08 bits per heavy atom. The SMILES string of the molecule is O=C(OCc1ccccc1)[C@H](O)Cc1ccc(C2=CCOCC2)cc1. The highest BCUT2D eigenvalue weighted by atomic mass is 16.5. The van der Waals surface area contributed by atoms with Gasteiger partial charge in [-0.3, -0.25) is 0 Å². The monoisotopic (exact) mass is 338 g/mol. The Morgan fingerprint density at radius 2 is 1.84 bits per heavy atom. The summed E-state index contributed by atoms with van der Waals surface area (Å²) < 4.78 is 10.5. The largest absolute Gasteiger partial charge is 0.459 e. The standard InChI is InChI=1S/C21H22O4/c22-20(21(23)25-15-17-4-2-1-3-5-17)14-16-6-8-18(9-7-16)19-10-12-24-13-11-19/h1-10,20,22H,11-15H2/t20-/m1/s1. The molecule has 1 atom stereocenters. The molecule has 130 valence electrons. The number of benzene rings is 2. The van der Waals surface area contributed by atoms with Crippen LogP contribution in [0, 0.1) is 0 Å². The average Bonchev–Trinajstić information content (AvgIpc) is 2.68. The molecule has 0 unspecified atom stereocenters. The van der Waals surface area contributed by atoms with Crippen LogP contribution in [0.3, 0.4) is 0 Å².